The minimum Gasteiger partial charge on any atom is -0.388 e. The van der Waals surface area contributed by atoms with Crippen molar-refractivity contribution in [1.29, 1.82) is 0 Å². The van der Waals surface area contributed by atoms with E-state index in [9.17, 15) is 20.4 Å². The number of benzene rings is 2. The quantitative estimate of drug-likeness (QED) is 0.312. The number of hydrogen-bond donors (Lipinski definition) is 5. The van der Waals surface area contributed by atoms with Gasteiger partial charge in [0.1, 0.15) is 0 Å². The van der Waals surface area contributed by atoms with Gasteiger partial charge in [-0.25, -0.2) is 0 Å². The van der Waals surface area contributed by atoms with Crippen LogP contribution in [0, 0.1) is 13.8 Å². The maximum Gasteiger partial charge on any atom is 0.0927 e. The van der Waals surface area contributed by atoms with Crippen LogP contribution in [0.2, 0.25) is 0 Å². The SMILES string of the molecule is Cc1cc(/C=C/C2(O)CCCC(O)(c3cc(C)cc(C=CC4(O)CCCCC4)c3)C2)cc(C(O)CCN)c1. The third-order valence-corrected chi connectivity index (χ3v) is 8.27. The van der Waals surface area contributed by atoms with Crippen LogP contribution in [-0.4, -0.2) is 38.2 Å². The van der Waals surface area contributed by atoms with Crippen LogP contribution < -0.4 is 5.73 Å². The van der Waals surface area contributed by atoms with E-state index in [1.54, 1.807) is 6.08 Å². The molecular weight excluding hydrogens is 474 g/mol. The van der Waals surface area contributed by atoms with Gasteiger partial charge < -0.3 is 26.2 Å². The maximum absolute atomic E-state index is 11.8. The minimum atomic E-state index is -1.15. The third-order valence-electron chi connectivity index (χ3n) is 8.27. The van der Waals surface area contributed by atoms with Crippen LogP contribution >= 0.6 is 0 Å². The molecule has 0 radical (unpaired) electrons. The largest absolute Gasteiger partial charge is 0.388 e. The van der Waals surface area contributed by atoms with Gasteiger partial charge in [-0.15, -0.1) is 0 Å². The summed E-state index contributed by atoms with van der Waals surface area (Å²) in [6.45, 7) is 4.42. The number of nitrogens with two attached hydrogens (primary N) is 1. The second-order valence-corrected chi connectivity index (χ2v) is 11.9. The van der Waals surface area contributed by atoms with Crippen LogP contribution in [0.15, 0.2) is 48.6 Å². The van der Waals surface area contributed by atoms with Gasteiger partial charge >= 0.3 is 0 Å². The Bertz CT molecular complexity index is 1170. The molecule has 38 heavy (non-hydrogen) atoms. The number of aryl methyl sites for hydroxylation is 2. The summed E-state index contributed by atoms with van der Waals surface area (Å²) in [6, 6.07) is 12.0. The molecule has 206 valence electrons. The molecule has 2 aliphatic rings. The molecule has 5 nitrogen and oxygen atoms in total. The highest BCUT2D eigenvalue weighted by Crippen LogP contribution is 2.43. The first-order valence-electron chi connectivity index (χ1n) is 14.2. The third kappa shape index (κ3) is 7.22. The van der Waals surface area contributed by atoms with Gasteiger partial charge in [0.05, 0.1) is 22.9 Å². The second kappa shape index (κ2) is 11.8. The van der Waals surface area contributed by atoms with Crippen LogP contribution in [0.1, 0.15) is 104 Å². The predicted octanol–water partition coefficient (Wildman–Crippen LogP) is 5.60. The molecule has 4 rings (SSSR count). The van der Waals surface area contributed by atoms with Gasteiger partial charge in [0.15, 0.2) is 0 Å². The van der Waals surface area contributed by atoms with Crippen molar-refractivity contribution >= 4 is 12.2 Å². The Kier molecular flexibility index (Phi) is 8.96. The lowest BCUT2D eigenvalue weighted by molar-refractivity contribution is -0.0818. The molecule has 0 spiro atoms. The second-order valence-electron chi connectivity index (χ2n) is 11.9. The van der Waals surface area contributed by atoms with E-state index < -0.39 is 22.9 Å². The fourth-order valence-electron chi connectivity index (χ4n) is 6.23. The van der Waals surface area contributed by atoms with Crippen molar-refractivity contribution in [3.63, 3.8) is 0 Å². The van der Waals surface area contributed by atoms with E-state index in [2.05, 4.69) is 6.07 Å². The lowest BCUT2D eigenvalue weighted by Gasteiger charge is -2.41. The summed E-state index contributed by atoms with van der Waals surface area (Å²) in [5.41, 5.74) is 8.14. The van der Waals surface area contributed by atoms with E-state index >= 15 is 0 Å². The Morgan fingerprint density at radius 3 is 2.05 bits per heavy atom. The summed E-state index contributed by atoms with van der Waals surface area (Å²) >= 11 is 0. The van der Waals surface area contributed by atoms with Crippen molar-refractivity contribution in [2.75, 3.05) is 6.54 Å². The number of aliphatic hydroxyl groups is 4. The fourth-order valence-corrected chi connectivity index (χ4v) is 6.23. The van der Waals surface area contributed by atoms with Crippen LogP contribution in [-0.2, 0) is 5.60 Å². The van der Waals surface area contributed by atoms with Gasteiger partial charge in [-0.1, -0.05) is 79.0 Å². The Morgan fingerprint density at radius 2 is 1.37 bits per heavy atom. The van der Waals surface area contributed by atoms with Gasteiger partial charge in [0.2, 0.25) is 0 Å². The zero-order valence-electron chi connectivity index (χ0n) is 23.0. The lowest BCUT2D eigenvalue weighted by Crippen LogP contribution is -2.42. The van der Waals surface area contributed by atoms with E-state index in [-0.39, 0.29) is 6.42 Å². The van der Waals surface area contributed by atoms with Gasteiger partial charge in [0, 0.05) is 6.42 Å². The maximum atomic E-state index is 11.8. The van der Waals surface area contributed by atoms with Crippen LogP contribution in [0.5, 0.6) is 0 Å². The summed E-state index contributed by atoms with van der Waals surface area (Å²) < 4.78 is 0. The summed E-state index contributed by atoms with van der Waals surface area (Å²) in [5, 5.41) is 44.6. The zero-order valence-corrected chi connectivity index (χ0v) is 23.0. The minimum absolute atomic E-state index is 0.210. The lowest BCUT2D eigenvalue weighted by atomic mass is 9.71. The Balaban J connectivity index is 1.55. The first kappa shape index (κ1) is 28.7. The van der Waals surface area contributed by atoms with E-state index in [0.717, 1.165) is 59.1 Å². The molecule has 0 amide bonds. The summed E-state index contributed by atoms with van der Waals surface area (Å²) in [6.07, 6.45) is 14.4. The Hall–Kier alpha value is -2.28. The van der Waals surface area contributed by atoms with E-state index in [1.165, 1.54) is 6.42 Å². The summed E-state index contributed by atoms with van der Waals surface area (Å²) in [7, 11) is 0. The highest BCUT2D eigenvalue weighted by atomic mass is 16.3. The molecule has 2 fully saturated rings. The van der Waals surface area contributed by atoms with E-state index in [0.29, 0.717) is 32.2 Å². The normalized spacial score (nSPS) is 26.7. The topological polar surface area (TPSA) is 107 Å². The molecule has 0 bridgehead atoms. The number of aliphatic hydroxyl groups excluding tert-OH is 1. The molecular formula is C33H45NO4. The van der Waals surface area contributed by atoms with Crippen molar-refractivity contribution in [3.05, 3.63) is 81.9 Å². The molecule has 2 aliphatic carbocycles. The Morgan fingerprint density at radius 1 is 0.763 bits per heavy atom. The molecule has 2 aromatic carbocycles. The van der Waals surface area contributed by atoms with Crippen LogP contribution in [0.3, 0.4) is 0 Å². The number of rotatable bonds is 8. The van der Waals surface area contributed by atoms with Gasteiger partial charge in [0.25, 0.3) is 0 Å². The smallest absolute Gasteiger partial charge is 0.0927 e. The molecule has 0 saturated heterocycles. The molecule has 2 aromatic rings. The zero-order chi connectivity index (χ0) is 27.4. The van der Waals surface area contributed by atoms with Crippen molar-refractivity contribution in [1.82, 2.24) is 0 Å². The van der Waals surface area contributed by atoms with Gasteiger partial charge in [-0.05, 0) is 93.3 Å². The highest BCUT2D eigenvalue weighted by molar-refractivity contribution is 5.55. The monoisotopic (exact) mass is 519 g/mol. The molecule has 5 heteroatoms. The van der Waals surface area contributed by atoms with Crippen molar-refractivity contribution < 1.29 is 20.4 Å². The summed E-state index contributed by atoms with van der Waals surface area (Å²) in [5.74, 6) is 0. The standard InChI is InChI=1S/C33H45NO4/c1-24-17-26(21-28(19-24)30(35)9-16-34)8-15-32(37)12-6-13-33(38,23-32)29-20-25(2)18-27(22-29)7-14-31(36)10-4-3-5-11-31/h7-8,14-15,17-22,30,35-38H,3-6,9-13,16,23,34H2,1-2H3/b14-7?,15-8+. The predicted molar refractivity (Wildman–Crippen MR) is 154 cm³/mol. The van der Waals surface area contributed by atoms with Crippen LogP contribution in [0.25, 0.3) is 12.2 Å². The molecule has 0 aliphatic heterocycles. The first-order valence-corrected chi connectivity index (χ1v) is 14.2. The van der Waals surface area contributed by atoms with Gasteiger partial charge in [-0.3, -0.25) is 0 Å². The van der Waals surface area contributed by atoms with Crippen LogP contribution in [0.4, 0.5) is 0 Å². The van der Waals surface area contributed by atoms with E-state index in [4.69, 9.17) is 5.73 Å². The van der Waals surface area contributed by atoms with Crippen molar-refractivity contribution in [2.45, 2.75) is 101 Å². The fraction of sp³-hybridized carbons (Fsp3) is 0.515. The van der Waals surface area contributed by atoms with E-state index in [1.807, 2.05) is 62.4 Å². The Labute approximate surface area is 227 Å². The molecule has 0 heterocycles. The first-order chi connectivity index (χ1) is 18.0. The molecule has 6 N–H and O–H groups in total. The molecule has 3 unspecified atom stereocenters. The molecule has 3 atom stereocenters. The average molecular weight is 520 g/mol. The molecule has 2 saturated carbocycles. The highest BCUT2D eigenvalue weighted by Gasteiger charge is 2.42. The molecule has 0 aromatic heterocycles. The van der Waals surface area contributed by atoms with Gasteiger partial charge in [-0.2, -0.15) is 0 Å². The van der Waals surface area contributed by atoms with Crippen molar-refractivity contribution in [2.24, 2.45) is 5.73 Å². The summed E-state index contributed by atoms with van der Waals surface area (Å²) in [4.78, 5) is 0. The average Bonchev–Trinajstić information content (AvgIpc) is 2.86. The van der Waals surface area contributed by atoms with Crippen molar-refractivity contribution in [3.8, 4) is 0 Å². The number of hydrogen-bond acceptors (Lipinski definition) is 5.